The second kappa shape index (κ2) is 7.40. The highest BCUT2D eigenvalue weighted by atomic mass is 19.1. The Morgan fingerprint density at radius 2 is 1.71 bits per heavy atom. The molecule has 0 radical (unpaired) electrons. The number of ether oxygens (including phenoxy) is 1. The van der Waals surface area contributed by atoms with Crippen molar-refractivity contribution in [3.63, 3.8) is 0 Å². The van der Waals surface area contributed by atoms with Crippen LogP contribution >= 0.6 is 0 Å². The molecule has 146 valence electrons. The van der Waals surface area contributed by atoms with Crippen LogP contribution in [0, 0.1) is 6.92 Å². The van der Waals surface area contributed by atoms with Crippen LogP contribution < -0.4 is 4.74 Å². The van der Waals surface area contributed by atoms with Crippen molar-refractivity contribution in [1.82, 2.24) is 9.78 Å². The molecule has 28 heavy (non-hydrogen) atoms. The fourth-order valence-electron chi connectivity index (χ4n) is 3.77. The van der Waals surface area contributed by atoms with E-state index in [1.165, 1.54) is 5.56 Å². The van der Waals surface area contributed by atoms with Crippen LogP contribution in [0.4, 0.5) is 4.39 Å². The van der Waals surface area contributed by atoms with E-state index < -0.39 is 11.8 Å². The number of methoxy groups -OCH3 is 1. The van der Waals surface area contributed by atoms with E-state index in [0.29, 0.717) is 31.4 Å². The van der Waals surface area contributed by atoms with Gasteiger partial charge in [-0.25, -0.2) is 9.07 Å². The molecule has 0 bridgehead atoms. The van der Waals surface area contributed by atoms with Gasteiger partial charge in [-0.2, -0.15) is 5.10 Å². The predicted molar refractivity (Wildman–Crippen MR) is 108 cm³/mol. The van der Waals surface area contributed by atoms with Crippen LogP contribution in [-0.4, -0.2) is 28.1 Å². The Kier molecular flexibility index (Phi) is 4.94. The van der Waals surface area contributed by atoms with Crippen LogP contribution in [0.5, 0.6) is 5.75 Å². The first kappa shape index (κ1) is 18.7. The van der Waals surface area contributed by atoms with Gasteiger partial charge in [-0.15, -0.1) is 0 Å². The standard InChI is InChI=1S/C23H25FN2O2/c1-16-3-5-17(6-4-16)21-15-22(23(24)13-11-19(27)12-14-23)25-26(21)18-7-9-20(28-2)10-8-18/h3-10,15,19,27H,11-14H2,1-2H3/t19-,23-. The number of aryl methyl sites for hydroxylation is 1. The Balaban J connectivity index is 1.80. The molecule has 0 amide bonds. The third-order valence-corrected chi connectivity index (χ3v) is 5.58. The van der Waals surface area contributed by atoms with Gasteiger partial charge < -0.3 is 9.84 Å². The van der Waals surface area contributed by atoms with Crippen LogP contribution in [0.3, 0.4) is 0 Å². The third-order valence-electron chi connectivity index (χ3n) is 5.58. The first-order chi connectivity index (χ1) is 13.5. The van der Waals surface area contributed by atoms with Crippen molar-refractivity contribution in [3.05, 3.63) is 65.9 Å². The Bertz CT molecular complexity index is 940. The van der Waals surface area contributed by atoms with Crippen molar-refractivity contribution < 1.29 is 14.2 Å². The molecule has 0 aliphatic heterocycles. The van der Waals surface area contributed by atoms with Crippen molar-refractivity contribution in [1.29, 1.82) is 0 Å². The van der Waals surface area contributed by atoms with E-state index in [1.54, 1.807) is 11.8 Å². The van der Waals surface area contributed by atoms with Crippen LogP contribution in [0.15, 0.2) is 54.6 Å². The van der Waals surface area contributed by atoms with Crippen molar-refractivity contribution in [2.45, 2.75) is 44.4 Å². The van der Waals surface area contributed by atoms with Crippen molar-refractivity contribution in [3.8, 4) is 22.7 Å². The number of hydrogen-bond acceptors (Lipinski definition) is 3. The monoisotopic (exact) mass is 380 g/mol. The molecule has 5 heteroatoms. The zero-order chi connectivity index (χ0) is 19.7. The van der Waals surface area contributed by atoms with Crippen LogP contribution in [-0.2, 0) is 5.67 Å². The molecular formula is C23H25FN2O2. The highest BCUT2D eigenvalue weighted by Gasteiger charge is 2.39. The molecule has 3 aromatic rings. The molecule has 0 unspecified atom stereocenters. The molecule has 4 rings (SSSR count). The zero-order valence-corrected chi connectivity index (χ0v) is 16.2. The molecule has 1 N–H and O–H groups in total. The molecule has 1 heterocycles. The number of aromatic nitrogens is 2. The molecule has 1 aromatic heterocycles. The largest absolute Gasteiger partial charge is 0.497 e. The van der Waals surface area contributed by atoms with E-state index >= 15 is 4.39 Å². The summed E-state index contributed by atoms with van der Waals surface area (Å²) in [6, 6.07) is 17.6. The maximum atomic E-state index is 15.7. The lowest BCUT2D eigenvalue weighted by molar-refractivity contribution is 0.0283. The first-order valence-electron chi connectivity index (χ1n) is 9.67. The summed E-state index contributed by atoms with van der Waals surface area (Å²) in [4.78, 5) is 0. The summed E-state index contributed by atoms with van der Waals surface area (Å²) < 4.78 is 22.7. The van der Waals surface area contributed by atoms with Crippen molar-refractivity contribution in [2.24, 2.45) is 0 Å². The lowest BCUT2D eigenvalue weighted by Gasteiger charge is -2.30. The maximum absolute atomic E-state index is 15.7. The fraction of sp³-hybridized carbons (Fsp3) is 0.348. The summed E-state index contributed by atoms with van der Waals surface area (Å²) in [5, 5.41) is 14.4. The van der Waals surface area contributed by atoms with E-state index in [-0.39, 0.29) is 0 Å². The highest BCUT2D eigenvalue weighted by molar-refractivity contribution is 5.63. The van der Waals surface area contributed by atoms with Crippen LogP contribution in [0.1, 0.15) is 36.9 Å². The predicted octanol–water partition coefficient (Wildman–Crippen LogP) is 4.96. The molecule has 2 aromatic carbocycles. The molecule has 0 atom stereocenters. The normalized spacial score (nSPS) is 22.2. The van der Waals surface area contributed by atoms with Crippen LogP contribution in [0.25, 0.3) is 16.9 Å². The average Bonchev–Trinajstić information content (AvgIpc) is 3.17. The fourth-order valence-corrected chi connectivity index (χ4v) is 3.77. The molecule has 4 nitrogen and oxygen atoms in total. The topological polar surface area (TPSA) is 47.3 Å². The van der Waals surface area contributed by atoms with Gasteiger partial charge in [-0.1, -0.05) is 29.8 Å². The number of hydrogen-bond donors (Lipinski definition) is 1. The van der Waals surface area contributed by atoms with E-state index in [0.717, 1.165) is 22.7 Å². The molecule has 1 aliphatic rings. The van der Waals surface area contributed by atoms with E-state index in [1.807, 2.05) is 61.5 Å². The number of rotatable bonds is 4. The molecule has 1 saturated carbocycles. The van der Waals surface area contributed by atoms with E-state index in [4.69, 9.17) is 4.74 Å². The number of halogens is 1. The summed E-state index contributed by atoms with van der Waals surface area (Å²) in [5.41, 5.74) is 2.79. The van der Waals surface area contributed by atoms with Gasteiger partial charge >= 0.3 is 0 Å². The summed E-state index contributed by atoms with van der Waals surface area (Å²) in [7, 11) is 1.63. The van der Waals surface area contributed by atoms with Gasteiger partial charge in [-0.05, 0) is 62.9 Å². The number of alkyl halides is 1. The Morgan fingerprint density at radius 3 is 2.32 bits per heavy atom. The molecule has 0 spiro atoms. The number of nitrogens with zero attached hydrogens (tertiary/aromatic N) is 2. The minimum absolute atomic E-state index is 0.293. The average molecular weight is 380 g/mol. The summed E-state index contributed by atoms with van der Waals surface area (Å²) in [6.45, 7) is 2.04. The van der Waals surface area contributed by atoms with Gasteiger partial charge in [0.05, 0.1) is 24.6 Å². The minimum atomic E-state index is -1.50. The maximum Gasteiger partial charge on any atom is 0.154 e. The van der Waals surface area contributed by atoms with Crippen molar-refractivity contribution in [2.75, 3.05) is 7.11 Å². The Hall–Kier alpha value is -2.66. The second-order valence-electron chi connectivity index (χ2n) is 7.59. The molecule has 0 saturated heterocycles. The molecular weight excluding hydrogens is 355 g/mol. The summed E-state index contributed by atoms with van der Waals surface area (Å²) in [6.07, 6.45) is 1.10. The van der Waals surface area contributed by atoms with Gasteiger partial charge in [0.2, 0.25) is 0 Å². The second-order valence-corrected chi connectivity index (χ2v) is 7.59. The van der Waals surface area contributed by atoms with Gasteiger partial charge in [-0.3, -0.25) is 0 Å². The van der Waals surface area contributed by atoms with Gasteiger partial charge in [0, 0.05) is 5.56 Å². The highest BCUT2D eigenvalue weighted by Crippen LogP contribution is 2.42. The number of aliphatic hydroxyl groups is 1. The zero-order valence-electron chi connectivity index (χ0n) is 16.2. The van der Waals surface area contributed by atoms with E-state index in [2.05, 4.69) is 5.10 Å². The summed E-state index contributed by atoms with van der Waals surface area (Å²) in [5.74, 6) is 0.760. The smallest absolute Gasteiger partial charge is 0.154 e. The number of aliphatic hydroxyl groups excluding tert-OH is 1. The minimum Gasteiger partial charge on any atom is -0.497 e. The molecule has 1 aliphatic carbocycles. The molecule has 1 fully saturated rings. The quantitative estimate of drug-likeness (QED) is 0.696. The SMILES string of the molecule is COc1ccc(-n2nc([C@]3(F)CC[C@H](O)CC3)cc2-c2ccc(C)cc2)cc1. The lowest BCUT2D eigenvalue weighted by Crippen LogP contribution is -2.30. The van der Waals surface area contributed by atoms with Crippen LogP contribution in [0.2, 0.25) is 0 Å². The van der Waals surface area contributed by atoms with Gasteiger partial charge in [0.25, 0.3) is 0 Å². The first-order valence-corrected chi connectivity index (χ1v) is 9.67. The summed E-state index contributed by atoms with van der Waals surface area (Å²) >= 11 is 0. The van der Waals surface area contributed by atoms with Crippen molar-refractivity contribution >= 4 is 0 Å². The lowest BCUT2D eigenvalue weighted by atomic mass is 9.82. The van der Waals surface area contributed by atoms with Gasteiger partial charge in [0.1, 0.15) is 11.4 Å². The number of benzene rings is 2. The Morgan fingerprint density at radius 1 is 1.07 bits per heavy atom. The third kappa shape index (κ3) is 3.54. The Labute approximate surface area is 164 Å². The van der Waals surface area contributed by atoms with E-state index in [9.17, 15) is 5.11 Å². The van der Waals surface area contributed by atoms with Gasteiger partial charge in [0.15, 0.2) is 5.67 Å².